The first-order valence-corrected chi connectivity index (χ1v) is 17.8. The first-order valence-electron chi connectivity index (χ1n) is 17.8. The zero-order valence-electron chi connectivity index (χ0n) is 29.0. The molecule has 0 saturated carbocycles. The molecule has 3 nitrogen and oxygen atoms in total. The largest absolute Gasteiger partial charge is 0.313 e. The van der Waals surface area contributed by atoms with E-state index in [1.54, 1.807) is 0 Å². The number of para-hydroxylation sites is 4. The van der Waals surface area contributed by atoms with Crippen molar-refractivity contribution < 1.29 is 0 Å². The average Bonchev–Trinajstić information content (AvgIpc) is 3.77. The van der Waals surface area contributed by atoms with Gasteiger partial charge in [0.2, 0.25) is 0 Å². The Labute approximate surface area is 292 Å². The fourth-order valence-electron chi connectivity index (χ4n) is 8.71. The predicted octanol–water partition coefficient (Wildman–Crippen LogP) is 12.6. The predicted molar refractivity (Wildman–Crippen MR) is 213 cm³/mol. The lowest BCUT2D eigenvalue weighted by Crippen LogP contribution is -2.13. The summed E-state index contributed by atoms with van der Waals surface area (Å²) in [6.07, 6.45) is 3.44. The average molecular weight is 646 g/mol. The summed E-state index contributed by atoms with van der Waals surface area (Å²) < 4.78 is 7.49. The van der Waals surface area contributed by atoms with Crippen molar-refractivity contribution in [3.05, 3.63) is 156 Å². The molecule has 0 radical (unpaired) electrons. The number of hydrogen-bond donors (Lipinski definition) is 0. The van der Waals surface area contributed by atoms with E-state index in [1.807, 2.05) is 0 Å². The molecule has 10 rings (SSSR count). The molecule has 1 unspecified atom stereocenters. The Morgan fingerprint density at radius 3 is 1.46 bits per heavy atom. The summed E-state index contributed by atoms with van der Waals surface area (Å²) in [5, 5.41) is 6.45. The minimum atomic E-state index is 0.0984. The molecule has 1 atom stereocenters. The van der Waals surface area contributed by atoms with E-state index in [9.17, 15) is 0 Å². The molecule has 0 amide bonds. The van der Waals surface area contributed by atoms with Gasteiger partial charge in [0.15, 0.2) is 0 Å². The zero-order chi connectivity index (χ0) is 33.7. The van der Waals surface area contributed by atoms with Gasteiger partial charge in [-0.15, -0.1) is 0 Å². The molecular formula is C47H39N3. The molecule has 3 heterocycles. The Hall–Kier alpha value is -5.80. The van der Waals surface area contributed by atoms with Gasteiger partial charge < -0.3 is 13.7 Å². The standard InChI is InChI=1S/C47H39N3/c1-30-27-34(49-43-19-11-7-15-37(43)38-16-8-12-20-44(38)49)29-40-39-28-33(48-41-17-9-5-13-35(41)36-14-6-10-18-42(36)48)25-26-45(39)50(46(30)40)32-23-21-31(22-24-32)47(2,3)4/h5-26,28-30H,27H2,1-4H3. The molecule has 6 aromatic carbocycles. The van der Waals surface area contributed by atoms with Crippen molar-refractivity contribution in [3.8, 4) is 11.4 Å². The van der Waals surface area contributed by atoms with Crippen LogP contribution in [0.25, 0.3) is 77.7 Å². The van der Waals surface area contributed by atoms with Crippen LogP contribution in [0.2, 0.25) is 0 Å². The van der Waals surface area contributed by atoms with Crippen LogP contribution in [0.4, 0.5) is 0 Å². The van der Waals surface area contributed by atoms with Gasteiger partial charge in [-0.3, -0.25) is 0 Å². The van der Waals surface area contributed by atoms with Gasteiger partial charge >= 0.3 is 0 Å². The van der Waals surface area contributed by atoms with Crippen LogP contribution in [0.15, 0.2) is 140 Å². The van der Waals surface area contributed by atoms with Crippen LogP contribution < -0.4 is 0 Å². The number of hydrogen-bond acceptors (Lipinski definition) is 0. The van der Waals surface area contributed by atoms with E-state index in [0.29, 0.717) is 5.92 Å². The Morgan fingerprint density at radius 1 is 0.480 bits per heavy atom. The third kappa shape index (κ3) is 4.16. The van der Waals surface area contributed by atoms with Gasteiger partial charge in [-0.25, -0.2) is 0 Å². The number of benzene rings is 6. The van der Waals surface area contributed by atoms with E-state index in [2.05, 4.69) is 187 Å². The van der Waals surface area contributed by atoms with Crippen molar-refractivity contribution in [1.29, 1.82) is 0 Å². The van der Waals surface area contributed by atoms with Gasteiger partial charge in [0.25, 0.3) is 0 Å². The second-order valence-electron chi connectivity index (χ2n) is 15.1. The molecule has 0 fully saturated rings. The van der Waals surface area contributed by atoms with Crippen LogP contribution in [0.1, 0.15) is 56.9 Å². The van der Waals surface area contributed by atoms with Gasteiger partial charge in [0, 0.05) is 61.2 Å². The quantitative estimate of drug-likeness (QED) is 0.182. The summed E-state index contributed by atoms with van der Waals surface area (Å²) >= 11 is 0. The van der Waals surface area contributed by atoms with E-state index >= 15 is 0 Å². The lowest BCUT2D eigenvalue weighted by molar-refractivity contribution is 0.590. The maximum atomic E-state index is 2.54. The Bertz CT molecular complexity index is 2720. The van der Waals surface area contributed by atoms with Crippen LogP contribution in [0, 0.1) is 0 Å². The molecule has 0 aliphatic heterocycles. The molecule has 3 heteroatoms. The third-order valence-electron chi connectivity index (χ3n) is 11.0. The Balaban J connectivity index is 1.27. The number of nitrogens with zero attached hydrogens (tertiary/aromatic N) is 3. The smallest absolute Gasteiger partial charge is 0.0541 e. The molecular weight excluding hydrogens is 607 g/mol. The summed E-state index contributed by atoms with van der Waals surface area (Å²) in [7, 11) is 0. The second-order valence-corrected chi connectivity index (χ2v) is 15.1. The highest BCUT2D eigenvalue weighted by atomic mass is 15.0. The van der Waals surface area contributed by atoms with E-state index < -0.39 is 0 Å². The highest BCUT2D eigenvalue weighted by molar-refractivity contribution is 6.12. The van der Waals surface area contributed by atoms with Crippen molar-refractivity contribution in [2.45, 2.75) is 45.4 Å². The molecule has 9 aromatic rings. The number of aromatic nitrogens is 3. The third-order valence-corrected chi connectivity index (χ3v) is 11.0. The van der Waals surface area contributed by atoms with Crippen molar-refractivity contribution in [2.24, 2.45) is 0 Å². The fraction of sp³-hybridized carbons (Fsp3) is 0.149. The van der Waals surface area contributed by atoms with Gasteiger partial charge in [0.05, 0.1) is 27.6 Å². The first-order chi connectivity index (χ1) is 24.4. The monoisotopic (exact) mass is 645 g/mol. The van der Waals surface area contributed by atoms with Crippen molar-refractivity contribution in [2.75, 3.05) is 0 Å². The molecule has 0 spiro atoms. The first kappa shape index (κ1) is 29.1. The lowest BCUT2D eigenvalue weighted by Gasteiger charge is -2.25. The second kappa shape index (κ2) is 10.6. The van der Waals surface area contributed by atoms with Crippen LogP contribution in [0.3, 0.4) is 0 Å². The number of allylic oxidation sites excluding steroid dienone is 1. The van der Waals surface area contributed by atoms with E-state index in [0.717, 1.165) is 6.42 Å². The molecule has 1 aliphatic rings. The van der Waals surface area contributed by atoms with Gasteiger partial charge in [0.1, 0.15) is 0 Å². The summed E-state index contributed by atoms with van der Waals surface area (Å²) in [5.41, 5.74) is 14.1. The number of fused-ring (bicyclic) bond motifs is 9. The Kier molecular flexibility index (Phi) is 6.18. The van der Waals surface area contributed by atoms with Crippen molar-refractivity contribution in [1.82, 2.24) is 13.7 Å². The summed E-state index contributed by atoms with van der Waals surface area (Å²) in [4.78, 5) is 0. The summed E-state index contributed by atoms with van der Waals surface area (Å²) in [6, 6.07) is 51.7. The van der Waals surface area contributed by atoms with Gasteiger partial charge in [-0.1, -0.05) is 113 Å². The van der Waals surface area contributed by atoms with Crippen LogP contribution in [0.5, 0.6) is 0 Å². The SMILES string of the molecule is CC1CC(n2c3ccccc3c3ccccc32)=Cc2c1n(-c1ccc(C(C)(C)C)cc1)c1ccc(-n3c4ccccc4c4ccccc43)cc21. The summed E-state index contributed by atoms with van der Waals surface area (Å²) in [5.74, 6) is 0.302. The lowest BCUT2D eigenvalue weighted by atomic mass is 9.87. The van der Waals surface area contributed by atoms with E-state index in [4.69, 9.17) is 0 Å². The molecule has 1 aliphatic carbocycles. The molecule has 3 aromatic heterocycles. The summed E-state index contributed by atoms with van der Waals surface area (Å²) in [6.45, 7) is 9.27. The van der Waals surface area contributed by atoms with E-state index in [-0.39, 0.29) is 5.41 Å². The van der Waals surface area contributed by atoms with Crippen molar-refractivity contribution >= 4 is 66.3 Å². The fourth-order valence-corrected chi connectivity index (χ4v) is 8.71. The molecule has 0 bridgehead atoms. The molecule has 50 heavy (non-hydrogen) atoms. The maximum Gasteiger partial charge on any atom is 0.0541 e. The highest BCUT2D eigenvalue weighted by Crippen LogP contribution is 2.46. The molecule has 0 saturated heterocycles. The number of rotatable bonds is 3. The molecule has 0 N–H and O–H groups in total. The Morgan fingerprint density at radius 2 is 0.940 bits per heavy atom. The van der Waals surface area contributed by atoms with Crippen molar-refractivity contribution in [3.63, 3.8) is 0 Å². The van der Waals surface area contributed by atoms with E-state index in [1.165, 1.54) is 88.4 Å². The van der Waals surface area contributed by atoms with Crippen LogP contribution in [-0.4, -0.2) is 13.7 Å². The zero-order valence-corrected chi connectivity index (χ0v) is 29.0. The van der Waals surface area contributed by atoms with Crippen LogP contribution in [-0.2, 0) is 5.41 Å². The highest BCUT2D eigenvalue weighted by Gasteiger charge is 2.29. The van der Waals surface area contributed by atoms with Gasteiger partial charge in [-0.05, 0) is 78.1 Å². The normalized spacial score (nSPS) is 15.0. The van der Waals surface area contributed by atoms with Crippen LogP contribution >= 0.6 is 0 Å². The minimum Gasteiger partial charge on any atom is -0.313 e. The minimum absolute atomic E-state index is 0.0984. The maximum absolute atomic E-state index is 2.54. The van der Waals surface area contributed by atoms with Gasteiger partial charge in [-0.2, -0.15) is 0 Å². The molecule has 242 valence electrons. The topological polar surface area (TPSA) is 14.8 Å².